The first-order valence-corrected chi connectivity index (χ1v) is 7.96. The molecular weight excluding hydrogens is 288 g/mol. The highest BCUT2D eigenvalue weighted by Crippen LogP contribution is 2.19. The maximum Gasteiger partial charge on any atom is 0.336 e. The summed E-state index contributed by atoms with van der Waals surface area (Å²) in [5, 5.41) is 4.42. The molecule has 0 saturated carbocycles. The smallest absolute Gasteiger partial charge is 0.336 e. The van der Waals surface area contributed by atoms with Gasteiger partial charge in [0, 0.05) is 43.0 Å². The normalized spacial score (nSPS) is 11.3. The summed E-state index contributed by atoms with van der Waals surface area (Å²) in [4.78, 5) is 11.8. The number of aromatic nitrogens is 1. The Labute approximate surface area is 135 Å². The first-order valence-electron chi connectivity index (χ1n) is 7.96. The third kappa shape index (κ3) is 3.22. The van der Waals surface area contributed by atoms with Crippen LogP contribution >= 0.6 is 0 Å². The zero-order valence-electron chi connectivity index (χ0n) is 13.8. The Morgan fingerprint density at radius 3 is 2.65 bits per heavy atom. The third-order valence-electron chi connectivity index (χ3n) is 4.40. The van der Waals surface area contributed by atoms with E-state index in [1.54, 1.807) is 6.07 Å². The molecule has 1 aromatic carbocycles. The molecule has 23 heavy (non-hydrogen) atoms. The number of hydrogen-bond acceptors (Lipinski definition) is 3. The molecule has 0 spiro atoms. The number of benzene rings is 1. The van der Waals surface area contributed by atoms with Crippen molar-refractivity contribution in [3.63, 3.8) is 0 Å². The Bertz CT molecular complexity index is 890. The van der Waals surface area contributed by atoms with Crippen LogP contribution in [0.1, 0.15) is 29.4 Å². The van der Waals surface area contributed by atoms with Gasteiger partial charge >= 0.3 is 5.63 Å². The highest BCUT2D eigenvalue weighted by Gasteiger charge is 2.07. The fraction of sp³-hybridized carbons (Fsp3) is 0.316. The molecule has 0 amide bonds. The van der Waals surface area contributed by atoms with Crippen LogP contribution in [0.5, 0.6) is 0 Å². The summed E-state index contributed by atoms with van der Waals surface area (Å²) >= 11 is 0. The first kappa shape index (κ1) is 15.6. The van der Waals surface area contributed by atoms with Crippen molar-refractivity contribution in [3.8, 4) is 0 Å². The third-order valence-corrected chi connectivity index (χ3v) is 4.40. The summed E-state index contributed by atoms with van der Waals surface area (Å²) in [5.74, 6) is 0. The fourth-order valence-corrected chi connectivity index (χ4v) is 2.81. The standard InChI is InChI=1S/C19H22N2O2/c1-4-14-6-8-17-15(10-19(22)23-18(17)9-14)11-20-12-16-7-5-13(2)21(16)3/h5-10,20H,4,11-12H2,1-3H3. The highest BCUT2D eigenvalue weighted by atomic mass is 16.4. The van der Waals surface area contributed by atoms with Crippen LogP contribution in [0.15, 0.2) is 45.6 Å². The van der Waals surface area contributed by atoms with Crippen molar-refractivity contribution in [2.24, 2.45) is 7.05 Å². The number of nitrogens with one attached hydrogen (secondary N) is 1. The Hall–Kier alpha value is -2.33. The molecule has 2 aromatic heterocycles. The van der Waals surface area contributed by atoms with Crippen LogP contribution in [0, 0.1) is 6.92 Å². The van der Waals surface area contributed by atoms with Gasteiger partial charge < -0.3 is 14.3 Å². The van der Waals surface area contributed by atoms with Crippen molar-refractivity contribution < 1.29 is 4.42 Å². The van der Waals surface area contributed by atoms with Crippen molar-refractivity contribution in [1.29, 1.82) is 0 Å². The molecule has 0 aliphatic carbocycles. The van der Waals surface area contributed by atoms with E-state index >= 15 is 0 Å². The fourth-order valence-electron chi connectivity index (χ4n) is 2.81. The van der Waals surface area contributed by atoms with Crippen molar-refractivity contribution in [2.75, 3.05) is 0 Å². The topological polar surface area (TPSA) is 47.2 Å². The van der Waals surface area contributed by atoms with Gasteiger partial charge in [-0.1, -0.05) is 19.1 Å². The maximum atomic E-state index is 11.8. The van der Waals surface area contributed by atoms with Gasteiger partial charge in [-0.05, 0) is 42.7 Å². The van der Waals surface area contributed by atoms with Gasteiger partial charge in [-0.25, -0.2) is 4.79 Å². The minimum absolute atomic E-state index is 0.294. The van der Waals surface area contributed by atoms with Gasteiger partial charge in [-0.3, -0.25) is 0 Å². The zero-order chi connectivity index (χ0) is 16.4. The molecule has 120 valence electrons. The highest BCUT2D eigenvalue weighted by molar-refractivity contribution is 5.80. The second kappa shape index (κ2) is 6.42. The summed E-state index contributed by atoms with van der Waals surface area (Å²) < 4.78 is 7.51. The predicted octanol–water partition coefficient (Wildman–Crippen LogP) is 3.29. The second-order valence-corrected chi connectivity index (χ2v) is 5.90. The lowest BCUT2D eigenvalue weighted by Gasteiger charge is -2.09. The van der Waals surface area contributed by atoms with Gasteiger partial charge in [0.05, 0.1) is 0 Å². The molecule has 2 heterocycles. The quantitative estimate of drug-likeness (QED) is 0.736. The van der Waals surface area contributed by atoms with E-state index in [0.717, 1.165) is 23.9 Å². The molecule has 0 atom stereocenters. The maximum absolute atomic E-state index is 11.8. The predicted molar refractivity (Wildman–Crippen MR) is 92.6 cm³/mol. The number of nitrogens with zero attached hydrogens (tertiary/aromatic N) is 1. The summed E-state index contributed by atoms with van der Waals surface area (Å²) in [7, 11) is 2.06. The molecule has 4 heteroatoms. The monoisotopic (exact) mass is 310 g/mol. The molecule has 1 N–H and O–H groups in total. The molecular formula is C19H22N2O2. The summed E-state index contributed by atoms with van der Waals surface area (Å²) in [6.45, 7) is 5.58. The lowest BCUT2D eigenvalue weighted by atomic mass is 10.1. The first-order chi connectivity index (χ1) is 11.1. The average molecular weight is 310 g/mol. The van der Waals surface area contributed by atoms with Crippen LogP contribution in [-0.2, 0) is 26.6 Å². The summed E-state index contributed by atoms with van der Waals surface area (Å²) in [6.07, 6.45) is 0.926. The molecule has 3 aromatic rings. The van der Waals surface area contributed by atoms with Gasteiger partial charge in [0.1, 0.15) is 5.58 Å². The van der Waals surface area contributed by atoms with E-state index in [9.17, 15) is 4.79 Å². The Balaban J connectivity index is 1.82. The van der Waals surface area contributed by atoms with E-state index < -0.39 is 0 Å². The molecule has 0 fully saturated rings. The molecule has 0 saturated heterocycles. The van der Waals surface area contributed by atoms with E-state index in [4.69, 9.17) is 4.42 Å². The molecule has 0 aliphatic rings. The summed E-state index contributed by atoms with van der Waals surface area (Å²) in [6, 6.07) is 11.9. The van der Waals surface area contributed by atoms with E-state index in [2.05, 4.69) is 49.0 Å². The lowest BCUT2D eigenvalue weighted by molar-refractivity contribution is 0.555. The van der Waals surface area contributed by atoms with Crippen molar-refractivity contribution >= 4 is 11.0 Å². The van der Waals surface area contributed by atoms with Crippen LogP contribution in [0.4, 0.5) is 0 Å². The Kier molecular flexibility index (Phi) is 4.35. The number of aryl methyl sites for hydroxylation is 2. The summed E-state index contributed by atoms with van der Waals surface area (Å²) in [5.41, 5.74) is 4.98. The van der Waals surface area contributed by atoms with Crippen molar-refractivity contribution in [3.05, 3.63) is 69.3 Å². The van der Waals surface area contributed by atoms with E-state index in [-0.39, 0.29) is 5.63 Å². The molecule has 0 radical (unpaired) electrons. The minimum Gasteiger partial charge on any atom is -0.423 e. The van der Waals surface area contributed by atoms with Crippen LogP contribution < -0.4 is 10.9 Å². The number of fused-ring (bicyclic) bond motifs is 1. The van der Waals surface area contributed by atoms with E-state index in [1.807, 2.05) is 12.1 Å². The minimum atomic E-state index is -0.294. The van der Waals surface area contributed by atoms with Crippen molar-refractivity contribution in [1.82, 2.24) is 9.88 Å². The van der Waals surface area contributed by atoms with Gasteiger partial charge in [0.2, 0.25) is 0 Å². The molecule has 0 aliphatic heterocycles. The van der Waals surface area contributed by atoms with Crippen LogP contribution in [-0.4, -0.2) is 4.57 Å². The number of hydrogen-bond donors (Lipinski definition) is 1. The molecule has 3 rings (SSSR count). The van der Waals surface area contributed by atoms with Crippen LogP contribution in [0.25, 0.3) is 11.0 Å². The van der Waals surface area contributed by atoms with Gasteiger partial charge in [0.25, 0.3) is 0 Å². The largest absolute Gasteiger partial charge is 0.423 e. The zero-order valence-corrected chi connectivity index (χ0v) is 13.8. The lowest BCUT2D eigenvalue weighted by Crippen LogP contribution is -2.16. The number of rotatable bonds is 5. The Morgan fingerprint density at radius 1 is 1.13 bits per heavy atom. The van der Waals surface area contributed by atoms with Gasteiger partial charge in [0.15, 0.2) is 0 Å². The van der Waals surface area contributed by atoms with Crippen LogP contribution in [0.2, 0.25) is 0 Å². The van der Waals surface area contributed by atoms with E-state index in [0.29, 0.717) is 12.1 Å². The van der Waals surface area contributed by atoms with Crippen LogP contribution in [0.3, 0.4) is 0 Å². The second-order valence-electron chi connectivity index (χ2n) is 5.90. The van der Waals surface area contributed by atoms with Gasteiger partial charge in [-0.15, -0.1) is 0 Å². The van der Waals surface area contributed by atoms with Gasteiger partial charge in [-0.2, -0.15) is 0 Å². The molecule has 0 bridgehead atoms. The Morgan fingerprint density at radius 2 is 1.96 bits per heavy atom. The molecule has 0 unspecified atom stereocenters. The average Bonchev–Trinajstić information content (AvgIpc) is 2.86. The van der Waals surface area contributed by atoms with Crippen molar-refractivity contribution in [2.45, 2.75) is 33.4 Å². The molecule has 4 nitrogen and oxygen atoms in total. The van der Waals surface area contributed by atoms with E-state index in [1.165, 1.54) is 17.0 Å². The SMILES string of the molecule is CCc1ccc2c(CNCc3ccc(C)n3C)cc(=O)oc2c1.